The van der Waals surface area contributed by atoms with Gasteiger partial charge in [0.1, 0.15) is 5.82 Å². The number of nitrogens with zero attached hydrogens (tertiary/aromatic N) is 2. The molecule has 1 fully saturated rings. The standard InChI is InChI=1S/C17H16F2N2O2/c18-13-10-14(19)15(20-11-13)16(22)21-8-6-17(23,7-9-21)12-4-2-1-3-5-12/h1-5,10-11,23H,6-9H2. The first-order chi connectivity index (χ1) is 11.0. The highest BCUT2D eigenvalue weighted by Crippen LogP contribution is 2.33. The van der Waals surface area contributed by atoms with Gasteiger partial charge in [0.05, 0.1) is 11.8 Å². The summed E-state index contributed by atoms with van der Waals surface area (Å²) < 4.78 is 26.6. The molecule has 1 aliphatic heterocycles. The predicted molar refractivity (Wildman–Crippen MR) is 79.6 cm³/mol. The van der Waals surface area contributed by atoms with E-state index in [0.29, 0.717) is 18.9 Å². The minimum Gasteiger partial charge on any atom is -0.385 e. The molecule has 6 heteroatoms. The molecule has 0 atom stereocenters. The topological polar surface area (TPSA) is 53.4 Å². The molecule has 0 aliphatic carbocycles. The summed E-state index contributed by atoms with van der Waals surface area (Å²) in [5.74, 6) is -2.38. The lowest BCUT2D eigenvalue weighted by atomic mass is 9.84. The van der Waals surface area contributed by atoms with E-state index >= 15 is 0 Å². The monoisotopic (exact) mass is 318 g/mol. The molecule has 1 N–H and O–H groups in total. The van der Waals surface area contributed by atoms with Crippen LogP contribution in [0.5, 0.6) is 0 Å². The number of hydrogen-bond acceptors (Lipinski definition) is 3. The van der Waals surface area contributed by atoms with Gasteiger partial charge in [0, 0.05) is 19.2 Å². The molecule has 0 spiro atoms. The number of rotatable bonds is 2. The molecule has 23 heavy (non-hydrogen) atoms. The molecule has 1 amide bonds. The number of hydrogen-bond donors (Lipinski definition) is 1. The molecule has 3 rings (SSSR count). The lowest BCUT2D eigenvalue weighted by molar-refractivity contribution is -0.0213. The van der Waals surface area contributed by atoms with E-state index in [-0.39, 0.29) is 13.1 Å². The van der Waals surface area contributed by atoms with Crippen molar-refractivity contribution in [1.29, 1.82) is 0 Å². The van der Waals surface area contributed by atoms with E-state index in [0.717, 1.165) is 11.8 Å². The van der Waals surface area contributed by atoms with Gasteiger partial charge in [-0.05, 0) is 18.4 Å². The first-order valence-corrected chi connectivity index (χ1v) is 7.38. The number of halogens is 2. The fraction of sp³-hybridized carbons (Fsp3) is 0.294. The van der Waals surface area contributed by atoms with Crippen LogP contribution < -0.4 is 0 Å². The zero-order chi connectivity index (χ0) is 16.4. The predicted octanol–water partition coefficient (Wildman–Crippen LogP) is 2.48. The van der Waals surface area contributed by atoms with Crippen LogP contribution in [0.25, 0.3) is 0 Å². The van der Waals surface area contributed by atoms with Crippen LogP contribution in [-0.2, 0) is 5.60 Å². The lowest BCUT2D eigenvalue weighted by Gasteiger charge is -2.38. The SMILES string of the molecule is O=C(c1ncc(F)cc1F)N1CCC(O)(c2ccccc2)CC1. The van der Waals surface area contributed by atoms with Crippen LogP contribution in [0.3, 0.4) is 0 Å². The van der Waals surface area contributed by atoms with Crippen LogP contribution in [-0.4, -0.2) is 34.0 Å². The third-order valence-electron chi connectivity index (χ3n) is 4.20. The first kappa shape index (κ1) is 15.6. The Morgan fingerprint density at radius 1 is 1.17 bits per heavy atom. The highest BCUT2D eigenvalue weighted by atomic mass is 19.1. The summed E-state index contributed by atoms with van der Waals surface area (Å²) in [5.41, 5.74) is -0.581. The smallest absolute Gasteiger partial charge is 0.275 e. The van der Waals surface area contributed by atoms with Gasteiger partial charge < -0.3 is 10.0 Å². The van der Waals surface area contributed by atoms with Crippen molar-refractivity contribution < 1.29 is 18.7 Å². The number of benzene rings is 1. The summed E-state index contributed by atoms with van der Waals surface area (Å²) >= 11 is 0. The van der Waals surface area contributed by atoms with Crippen LogP contribution in [0.1, 0.15) is 28.9 Å². The maximum atomic E-state index is 13.7. The van der Waals surface area contributed by atoms with Gasteiger partial charge in [-0.3, -0.25) is 4.79 Å². The fourth-order valence-corrected chi connectivity index (χ4v) is 2.84. The molecule has 1 saturated heterocycles. The third-order valence-corrected chi connectivity index (χ3v) is 4.20. The van der Waals surface area contributed by atoms with E-state index in [1.165, 1.54) is 4.90 Å². The summed E-state index contributed by atoms with van der Waals surface area (Å²) in [5, 5.41) is 10.7. The van der Waals surface area contributed by atoms with Gasteiger partial charge in [-0.1, -0.05) is 30.3 Å². The zero-order valence-electron chi connectivity index (χ0n) is 12.4. The van der Waals surface area contributed by atoms with E-state index in [9.17, 15) is 18.7 Å². The molecule has 0 unspecified atom stereocenters. The van der Waals surface area contributed by atoms with Crippen molar-refractivity contribution in [3.05, 3.63) is 65.5 Å². The normalized spacial score (nSPS) is 17.1. The van der Waals surface area contributed by atoms with Gasteiger partial charge in [-0.25, -0.2) is 13.8 Å². The van der Waals surface area contributed by atoms with Gasteiger partial charge in [0.25, 0.3) is 5.91 Å². The molecule has 1 aromatic heterocycles. The molecule has 120 valence electrons. The van der Waals surface area contributed by atoms with E-state index in [4.69, 9.17) is 0 Å². The Balaban J connectivity index is 1.72. The number of aliphatic hydroxyl groups is 1. The van der Waals surface area contributed by atoms with Crippen molar-refractivity contribution in [3.8, 4) is 0 Å². The summed E-state index contributed by atoms with van der Waals surface area (Å²) in [4.78, 5) is 17.3. The highest BCUT2D eigenvalue weighted by molar-refractivity contribution is 5.92. The lowest BCUT2D eigenvalue weighted by Crippen LogP contribution is -2.45. The minimum absolute atomic E-state index is 0.280. The molecule has 0 bridgehead atoms. The Bertz CT molecular complexity index is 714. The number of carbonyl (C=O) groups is 1. The third kappa shape index (κ3) is 3.07. The van der Waals surface area contributed by atoms with Crippen LogP contribution in [0.4, 0.5) is 8.78 Å². The Kier molecular flexibility index (Phi) is 4.09. The quantitative estimate of drug-likeness (QED) is 0.925. The zero-order valence-corrected chi connectivity index (χ0v) is 12.4. The minimum atomic E-state index is -0.993. The van der Waals surface area contributed by atoms with E-state index in [2.05, 4.69) is 4.98 Å². The second-order valence-corrected chi connectivity index (χ2v) is 5.67. The Labute approximate surface area is 132 Å². The average molecular weight is 318 g/mol. The molecule has 2 aromatic rings. The summed E-state index contributed by atoms with van der Waals surface area (Å²) in [7, 11) is 0. The van der Waals surface area contributed by atoms with Crippen LogP contribution in [0, 0.1) is 11.6 Å². The van der Waals surface area contributed by atoms with Gasteiger partial charge >= 0.3 is 0 Å². The van der Waals surface area contributed by atoms with Gasteiger partial charge in [-0.2, -0.15) is 0 Å². The van der Waals surface area contributed by atoms with Crippen LogP contribution in [0.15, 0.2) is 42.6 Å². The highest BCUT2D eigenvalue weighted by Gasteiger charge is 2.36. The molecular weight excluding hydrogens is 302 g/mol. The number of carbonyl (C=O) groups excluding carboxylic acids is 1. The van der Waals surface area contributed by atoms with Gasteiger partial charge in [-0.15, -0.1) is 0 Å². The Morgan fingerprint density at radius 3 is 2.43 bits per heavy atom. The van der Waals surface area contributed by atoms with Crippen molar-refractivity contribution in [3.63, 3.8) is 0 Å². The van der Waals surface area contributed by atoms with E-state index < -0.39 is 28.8 Å². The van der Waals surface area contributed by atoms with Gasteiger partial charge in [0.2, 0.25) is 0 Å². The number of pyridine rings is 1. The summed E-state index contributed by atoms with van der Waals surface area (Å²) in [6, 6.07) is 9.90. The molecule has 0 radical (unpaired) electrons. The number of aromatic nitrogens is 1. The Hall–Kier alpha value is -2.34. The molecule has 1 aromatic carbocycles. The molecular formula is C17H16F2N2O2. The van der Waals surface area contributed by atoms with Crippen molar-refractivity contribution in [2.75, 3.05) is 13.1 Å². The molecule has 2 heterocycles. The van der Waals surface area contributed by atoms with Gasteiger partial charge in [0.15, 0.2) is 11.5 Å². The first-order valence-electron chi connectivity index (χ1n) is 7.38. The summed E-state index contributed by atoms with van der Waals surface area (Å²) in [6.07, 6.45) is 1.53. The van der Waals surface area contributed by atoms with E-state index in [1.54, 1.807) is 0 Å². The van der Waals surface area contributed by atoms with Crippen molar-refractivity contribution in [1.82, 2.24) is 9.88 Å². The maximum Gasteiger partial charge on any atom is 0.275 e. The number of piperidine rings is 1. The van der Waals surface area contributed by atoms with Crippen LogP contribution in [0.2, 0.25) is 0 Å². The van der Waals surface area contributed by atoms with Crippen molar-refractivity contribution in [2.45, 2.75) is 18.4 Å². The fourth-order valence-electron chi connectivity index (χ4n) is 2.84. The largest absolute Gasteiger partial charge is 0.385 e. The maximum absolute atomic E-state index is 13.7. The summed E-state index contributed by atoms with van der Waals surface area (Å²) in [6.45, 7) is 0.561. The molecule has 0 saturated carbocycles. The second kappa shape index (κ2) is 6.04. The Morgan fingerprint density at radius 2 is 1.83 bits per heavy atom. The number of likely N-dealkylation sites (tertiary alicyclic amines) is 1. The molecule has 1 aliphatic rings. The van der Waals surface area contributed by atoms with Crippen molar-refractivity contribution >= 4 is 5.91 Å². The second-order valence-electron chi connectivity index (χ2n) is 5.67. The van der Waals surface area contributed by atoms with Crippen molar-refractivity contribution in [2.24, 2.45) is 0 Å². The average Bonchev–Trinajstić information content (AvgIpc) is 2.56. The number of amides is 1. The molecule has 4 nitrogen and oxygen atoms in total. The van der Waals surface area contributed by atoms with E-state index in [1.807, 2.05) is 30.3 Å². The van der Waals surface area contributed by atoms with Crippen LogP contribution >= 0.6 is 0 Å².